The highest BCUT2D eigenvalue weighted by molar-refractivity contribution is 7.89. The number of sulfonamides is 1. The van der Waals surface area contributed by atoms with Gasteiger partial charge in [0.15, 0.2) is 0 Å². The molecule has 0 heterocycles. The van der Waals surface area contributed by atoms with Crippen molar-refractivity contribution in [2.45, 2.75) is 57.9 Å². The number of amides is 1. The normalized spacial score (nSPS) is 12.7. The summed E-state index contributed by atoms with van der Waals surface area (Å²) in [7, 11) is -3.53. The fraction of sp³-hybridized carbons (Fsp3) is 0.632. The number of rotatable bonds is 11. The molecule has 8 heteroatoms. The van der Waals surface area contributed by atoms with Crippen molar-refractivity contribution >= 4 is 28.3 Å². The fourth-order valence-electron chi connectivity index (χ4n) is 2.83. The van der Waals surface area contributed by atoms with Crippen molar-refractivity contribution in [2.75, 3.05) is 19.6 Å². The lowest BCUT2D eigenvalue weighted by atomic mass is 10.0. The molecule has 0 radical (unpaired) electrons. The summed E-state index contributed by atoms with van der Waals surface area (Å²) in [6, 6.07) is 6.03. The molecular weight excluding hydrogens is 386 g/mol. The van der Waals surface area contributed by atoms with E-state index in [1.54, 1.807) is 12.1 Å². The Morgan fingerprint density at radius 1 is 1.11 bits per heavy atom. The van der Waals surface area contributed by atoms with Crippen molar-refractivity contribution < 1.29 is 13.2 Å². The molecule has 0 aliphatic rings. The van der Waals surface area contributed by atoms with E-state index in [2.05, 4.69) is 19.2 Å². The Balaban J connectivity index is 0.00000676. The molecule has 1 atom stereocenters. The largest absolute Gasteiger partial charge is 0.348 e. The van der Waals surface area contributed by atoms with Crippen LogP contribution in [0, 0.1) is 5.92 Å². The van der Waals surface area contributed by atoms with Gasteiger partial charge >= 0.3 is 0 Å². The highest BCUT2D eigenvalue weighted by Gasteiger charge is 2.23. The average molecular weight is 420 g/mol. The van der Waals surface area contributed by atoms with Crippen molar-refractivity contribution in [1.29, 1.82) is 0 Å². The molecule has 1 aromatic rings. The summed E-state index contributed by atoms with van der Waals surface area (Å²) in [5, 5.41) is 2.91. The van der Waals surface area contributed by atoms with Gasteiger partial charge in [0.25, 0.3) is 5.91 Å². The van der Waals surface area contributed by atoms with E-state index in [9.17, 15) is 13.2 Å². The summed E-state index contributed by atoms with van der Waals surface area (Å²) < 4.78 is 27.0. The summed E-state index contributed by atoms with van der Waals surface area (Å²) in [6.07, 6.45) is 2.32. The summed E-state index contributed by atoms with van der Waals surface area (Å²) in [6.45, 7) is 9.42. The summed E-state index contributed by atoms with van der Waals surface area (Å²) in [5.41, 5.74) is 6.15. The Morgan fingerprint density at radius 3 is 2.04 bits per heavy atom. The second-order valence-corrected chi connectivity index (χ2v) is 8.90. The standard InChI is InChI=1S/C19H33N3O3S.ClH/c1-5-11-22(12-6-2)26(24,25)18-9-7-16(8-10-18)19(23)21-17(14-20)13-15(3)4;/h7-10,15,17H,5-6,11-14,20H2,1-4H3,(H,21,23);1H. The van der Waals surface area contributed by atoms with E-state index in [-0.39, 0.29) is 29.3 Å². The van der Waals surface area contributed by atoms with Gasteiger partial charge in [0.2, 0.25) is 10.0 Å². The first-order valence-corrected chi connectivity index (χ1v) is 10.8. The summed E-state index contributed by atoms with van der Waals surface area (Å²) in [5.74, 6) is 0.198. The Hall–Kier alpha value is -1.15. The molecule has 0 aliphatic heterocycles. The molecule has 1 amide bonds. The van der Waals surface area contributed by atoms with Gasteiger partial charge in [0.1, 0.15) is 0 Å². The molecule has 0 aliphatic carbocycles. The van der Waals surface area contributed by atoms with Gasteiger partial charge < -0.3 is 11.1 Å². The van der Waals surface area contributed by atoms with E-state index in [0.717, 1.165) is 19.3 Å². The van der Waals surface area contributed by atoms with Gasteiger partial charge in [0, 0.05) is 31.2 Å². The van der Waals surface area contributed by atoms with Gasteiger partial charge in [-0.3, -0.25) is 4.79 Å². The van der Waals surface area contributed by atoms with Crippen molar-refractivity contribution in [3.63, 3.8) is 0 Å². The molecule has 0 saturated carbocycles. The maximum absolute atomic E-state index is 12.7. The number of carbonyl (C=O) groups is 1. The molecule has 0 fully saturated rings. The third-order valence-electron chi connectivity index (χ3n) is 4.08. The SMILES string of the molecule is CCCN(CCC)S(=O)(=O)c1ccc(C(=O)NC(CN)CC(C)C)cc1.Cl. The van der Waals surface area contributed by atoms with Crippen LogP contribution in [0.25, 0.3) is 0 Å². The van der Waals surface area contributed by atoms with Crippen LogP contribution in [-0.4, -0.2) is 44.3 Å². The first-order valence-electron chi connectivity index (χ1n) is 9.37. The Labute approximate surface area is 170 Å². The lowest BCUT2D eigenvalue weighted by molar-refractivity contribution is 0.0933. The monoisotopic (exact) mass is 419 g/mol. The second-order valence-electron chi connectivity index (χ2n) is 6.96. The minimum absolute atomic E-state index is 0. The van der Waals surface area contributed by atoms with Crippen molar-refractivity contribution in [1.82, 2.24) is 9.62 Å². The maximum atomic E-state index is 12.7. The molecule has 0 bridgehead atoms. The van der Waals surface area contributed by atoms with E-state index in [1.807, 2.05) is 13.8 Å². The number of carbonyl (C=O) groups excluding carboxylic acids is 1. The summed E-state index contributed by atoms with van der Waals surface area (Å²) in [4.78, 5) is 12.6. The van der Waals surface area contributed by atoms with Crippen molar-refractivity contribution in [3.8, 4) is 0 Å². The first-order chi connectivity index (χ1) is 12.3. The van der Waals surface area contributed by atoms with Crippen molar-refractivity contribution in [3.05, 3.63) is 29.8 Å². The zero-order valence-corrected chi connectivity index (χ0v) is 18.4. The van der Waals surface area contributed by atoms with Gasteiger partial charge in [-0.15, -0.1) is 12.4 Å². The second kappa shape index (κ2) is 12.3. The van der Waals surface area contributed by atoms with Gasteiger partial charge in [-0.2, -0.15) is 4.31 Å². The van der Waals surface area contributed by atoms with Crippen LogP contribution in [0.5, 0.6) is 0 Å². The third kappa shape index (κ3) is 7.78. The van der Waals surface area contributed by atoms with Crippen LogP contribution in [0.2, 0.25) is 0 Å². The Morgan fingerprint density at radius 2 is 1.63 bits per heavy atom. The quantitative estimate of drug-likeness (QED) is 0.576. The molecular formula is C19H34ClN3O3S. The molecule has 1 rings (SSSR count). The van der Waals surface area contributed by atoms with E-state index in [0.29, 0.717) is 31.1 Å². The van der Waals surface area contributed by atoms with Crippen molar-refractivity contribution in [2.24, 2.45) is 11.7 Å². The lowest BCUT2D eigenvalue weighted by Gasteiger charge is -2.21. The van der Waals surface area contributed by atoms with E-state index in [4.69, 9.17) is 5.73 Å². The molecule has 0 aromatic heterocycles. The van der Waals surface area contributed by atoms with Crippen LogP contribution < -0.4 is 11.1 Å². The van der Waals surface area contributed by atoms with Crippen LogP contribution in [0.15, 0.2) is 29.2 Å². The summed E-state index contributed by atoms with van der Waals surface area (Å²) >= 11 is 0. The lowest BCUT2D eigenvalue weighted by Crippen LogP contribution is -2.41. The zero-order chi connectivity index (χ0) is 19.7. The minimum Gasteiger partial charge on any atom is -0.348 e. The zero-order valence-electron chi connectivity index (χ0n) is 16.8. The predicted octanol–water partition coefficient (Wildman–Crippen LogP) is 3.02. The van der Waals surface area contributed by atoms with Crippen LogP contribution in [-0.2, 0) is 10.0 Å². The molecule has 0 saturated heterocycles. The number of nitrogens with zero attached hydrogens (tertiary/aromatic N) is 1. The molecule has 1 unspecified atom stereocenters. The Bertz CT molecular complexity index is 657. The van der Waals surface area contributed by atoms with Gasteiger partial charge in [-0.1, -0.05) is 27.7 Å². The number of hydrogen-bond donors (Lipinski definition) is 2. The highest BCUT2D eigenvalue weighted by Crippen LogP contribution is 2.17. The number of nitrogens with two attached hydrogens (primary N) is 1. The molecule has 3 N–H and O–H groups in total. The van der Waals surface area contributed by atoms with E-state index in [1.165, 1.54) is 16.4 Å². The fourth-order valence-corrected chi connectivity index (χ4v) is 4.45. The van der Waals surface area contributed by atoms with Gasteiger partial charge in [-0.05, 0) is 49.4 Å². The number of benzene rings is 1. The first kappa shape index (κ1) is 25.9. The maximum Gasteiger partial charge on any atom is 0.251 e. The van der Waals surface area contributed by atoms with Crippen LogP contribution in [0.3, 0.4) is 0 Å². The van der Waals surface area contributed by atoms with E-state index >= 15 is 0 Å². The third-order valence-corrected chi connectivity index (χ3v) is 5.99. The average Bonchev–Trinajstić information content (AvgIpc) is 2.60. The van der Waals surface area contributed by atoms with Gasteiger partial charge in [0.05, 0.1) is 4.90 Å². The molecule has 0 spiro atoms. The number of nitrogens with one attached hydrogen (secondary N) is 1. The highest BCUT2D eigenvalue weighted by atomic mass is 35.5. The van der Waals surface area contributed by atoms with E-state index < -0.39 is 10.0 Å². The van der Waals surface area contributed by atoms with Gasteiger partial charge in [-0.25, -0.2) is 8.42 Å². The predicted molar refractivity (Wildman–Crippen MR) is 113 cm³/mol. The van der Waals surface area contributed by atoms with Crippen LogP contribution in [0.1, 0.15) is 57.3 Å². The number of halogens is 1. The molecule has 27 heavy (non-hydrogen) atoms. The Kier molecular flexibility index (Phi) is 11.8. The molecule has 6 nitrogen and oxygen atoms in total. The minimum atomic E-state index is -3.53. The molecule has 156 valence electrons. The molecule has 1 aromatic carbocycles. The van der Waals surface area contributed by atoms with Crippen LogP contribution >= 0.6 is 12.4 Å². The van der Waals surface area contributed by atoms with Crippen LogP contribution in [0.4, 0.5) is 0 Å². The number of hydrogen-bond acceptors (Lipinski definition) is 4. The topological polar surface area (TPSA) is 92.5 Å². The smallest absolute Gasteiger partial charge is 0.251 e.